The fourth-order valence-electron chi connectivity index (χ4n) is 1.02. The molecule has 10 heavy (non-hydrogen) atoms. The van der Waals surface area contributed by atoms with Crippen LogP contribution in [0.4, 0.5) is 5.69 Å². The van der Waals surface area contributed by atoms with Crippen LogP contribution in [0.3, 0.4) is 0 Å². The topological polar surface area (TPSA) is 45.2 Å². The average Bonchev–Trinajstić information content (AvgIpc) is 2.33. The summed E-state index contributed by atoms with van der Waals surface area (Å²) in [5.41, 5.74) is 1.76. The standard InChI is InChI=1S/C7H6N2O/c10-7-2-1-5-6(9-7)3-4-8-5/h1-2,4H,3H2,(H,9,10). The van der Waals surface area contributed by atoms with Crippen molar-refractivity contribution >= 4 is 11.9 Å². The Hall–Kier alpha value is -1.38. The maximum atomic E-state index is 10.7. The molecular weight excluding hydrogens is 128 g/mol. The van der Waals surface area contributed by atoms with Gasteiger partial charge in [-0.25, -0.2) is 0 Å². The molecule has 0 radical (unpaired) electrons. The lowest BCUT2D eigenvalue weighted by atomic mass is 10.3. The highest BCUT2D eigenvalue weighted by atomic mass is 16.1. The summed E-state index contributed by atoms with van der Waals surface area (Å²) in [6.45, 7) is 0. The van der Waals surface area contributed by atoms with Crippen LogP contribution < -0.4 is 5.56 Å². The SMILES string of the molecule is O=c1ccc2c([nH]1)CC=N2. The lowest BCUT2D eigenvalue weighted by molar-refractivity contribution is 1.13. The molecule has 3 nitrogen and oxygen atoms in total. The van der Waals surface area contributed by atoms with Crippen molar-refractivity contribution in [3.8, 4) is 0 Å². The summed E-state index contributed by atoms with van der Waals surface area (Å²) in [6.07, 6.45) is 2.55. The Labute approximate surface area is 57.4 Å². The van der Waals surface area contributed by atoms with Crippen molar-refractivity contribution in [1.29, 1.82) is 0 Å². The van der Waals surface area contributed by atoms with E-state index in [-0.39, 0.29) is 5.56 Å². The van der Waals surface area contributed by atoms with Gasteiger partial charge in [0.25, 0.3) is 0 Å². The molecule has 1 aromatic heterocycles. The van der Waals surface area contributed by atoms with E-state index in [1.54, 1.807) is 12.3 Å². The third-order valence-electron chi connectivity index (χ3n) is 1.50. The molecule has 0 saturated carbocycles. The van der Waals surface area contributed by atoms with E-state index in [9.17, 15) is 4.79 Å². The Kier molecular flexibility index (Phi) is 0.974. The first kappa shape index (κ1) is 5.41. The zero-order valence-electron chi connectivity index (χ0n) is 5.29. The quantitative estimate of drug-likeness (QED) is 0.555. The Balaban J connectivity index is 2.69. The van der Waals surface area contributed by atoms with Gasteiger partial charge in [0.2, 0.25) is 5.56 Å². The van der Waals surface area contributed by atoms with Crippen LogP contribution in [0.1, 0.15) is 5.69 Å². The molecule has 0 aromatic carbocycles. The first-order valence-corrected chi connectivity index (χ1v) is 3.11. The molecular formula is C7H6N2O. The minimum absolute atomic E-state index is 0.0516. The molecule has 0 bridgehead atoms. The first-order chi connectivity index (χ1) is 4.86. The van der Waals surface area contributed by atoms with Crippen molar-refractivity contribution in [3.63, 3.8) is 0 Å². The molecule has 1 N–H and O–H groups in total. The fourth-order valence-corrected chi connectivity index (χ4v) is 1.02. The molecule has 0 atom stereocenters. The molecule has 2 heterocycles. The van der Waals surface area contributed by atoms with Gasteiger partial charge in [0.1, 0.15) is 0 Å². The average molecular weight is 134 g/mol. The fraction of sp³-hybridized carbons (Fsp3) is 0.143. The number of H-pyrrole nitrogens is 1. The number of pyridine rings is 1. The first-order valence-electron chi connectivity index (χ1n) is 3.11. The molecule has 0 fully saturated rings. The molecule has 50 valence electrons. The van der Waals surface area contributed by atoms with Crippen molar-refractivity contribution in [2.75, 3.05) is 0 Å². The number of fused-ring (bicyclic) bond motifs is 1. The van der Waals surface area contributed by atoms with E-state index in [2.05, 4.69) is 9.98 Å². The van der Waals surface area contributed by atoms with E-state index >= 15 is 0 Å². The van der Waals surface area contributed by atoms with E-state index in [4.69, 9.17) is 0 Å². The van der Waals surface area contributed by atoms with Crippen molar-refractivity contribution < 1.29 is 0 Å². The number of hydrogen-bond acceptors (Lipinski definition) is 2. The third-order valence-corrected chi connectivity index (χ3v) is 1.50. The van der Waals surface area contributed by atoms with Crippen LogP contribution in [0.15, 0.2) is 21.9 Å². The molecule has 0 spiro atoms. The molecule has 1 aromatic rings. The molecule has 0 unspecified atom stereocenters. The smallest absolute Gasteiger partial charge is 0.248 e. The lowest BCUT2D eigenvalue weighted by Gasteiger charge is -1.92. The van der Waals surface area contributed by atoms with Gasteiger partial charge in [-0.3, -0.25) is 9.79 Å². The number of nitrogens with zero attached hydrogens (tertiary/aromatic N) is 1. The van der Waals surface area contributed by atoms with Gasteiger partial charge in [0.15, 0.2) is 0 Å². The molecule has 0 amide bonds. The highest BCUT2D eigenvalue weighted by Gasteiger charge is 2.04. The number of hydrogen-bond donors (Lipinski definition) is 1. The number of aliphatic imine (C=N–C) groups is 1. The normalized spacial score (nSPS) is 13.6. The molecule has 1 aliphatic heterocycles. The van der Waals surface area contributed by atoms with Gasteiger partial charge in [0, 0.05) is 24.4 Å². The second-order valence-corrected chi connectivity index (χ2v) is 2.20. The summed E-state index contributed by atoms with van der Waals surface area (Å²) in [7, 11) is 0. The van der Waals surface area contributed by atoms with Crippen LogP contribution in [0.25, 0.3) is 0 Å². The Morgan fingerprint density at radius 3 is 3.30 bits per heavy atom. The number of rotatable bonds is 0. The molecule has 0 saturated heterocycles. The summed E-state index contributed by atoms with van der Waals surface area (Å²) in [4.78, 5) is 17.5. The monoisotopic (exact) mass is 134 g/mol. The van der Waals surface area contributed by atoms with Crippen molar-refractivity contribution in [2.45, 2.75) is 6.42 Å². The van der Waals surface area contributed by atoms with Crippen LogP contribution in [0.5, 0.6) is 0 Å². The highest BCUT2D eigenvalue weighted by Crippen LogP contribution is 2.18. The Bertz CT molecular complexity index is 338. The van der Waals surface area contributed by atoms with Gasteiger partial charge < -0.3 is 4.98 Å². The van der Waals surface area contributed by atoms with Gasteiger partial charge in [-0.2, -0.15) is 0 Å². The van der Waals surface area contributed by atoms with Gasteiger partial charge in [-0.1, -0.05) is 0 Å². The molecule has 1 aliphatic rings. The number of nitrogens with one attached hydrogen (secondary N) is 1. The summed E-state index contributed by atoms with van der Waals surface area (Å²) >= 11 is 0. The van der Waals surface area contributed by atoms with Gasteiger partial charge in [-0.05, 0) is 6.07 Å². The van der Waals surface area contributed by atoms with Crippen LogP contribution in [-0.4, -0.2) is 11.2 Å². The third kappa shape index (κ3) is 0.673. The second kappa shape index (κ2) is 1.80. The van der Waals surface area contributed by atoms with E-state index in [0.29, 0.717) is 0 Å². The largest absolute Gasteiger partial charge is 0.324 e. The van der Waals surface area contributed by atoms with E-state index < -0.39 is 0 Å². The van der Waals surface area contributed by atoms with Crippen molar-refractivity contribution in [2.24, 2.45) is 4.99 Å². The maximum Gasteiger partial charge on any atom is 0.248 e. The Morgan fingerprint density at radius 2 is 2.40 bits per heavy atom. The lowest BCUT2D eigenvalue weighted by Crippen LogP contribution is -2.04. The predicted molar refractivity (Wildman–Crippen MR) is 38.9 cm³/mol. The summed E-state index contributed by atoms with van der Waals surface area (Å²) < 4.78 is 0. The summed E-state index contributed by atoms with van der Waals surface area (Å²) in [6, 6.07) is 3.22. The highest BCUT2D eigenvalue weighted by molar-refractivity contribution is 5.73. The maximum absolute atomic E-state index is 10.7. The van der Waals surface area contributed by atoms with E-state index in [1.807, 2.05) is 0 Å². The van der Waals surface area contributed by atoms with Crippen molar-refractivity contribution in [1.82, 2.24) is 4.98 Å². The van der Waals surface area contributed by atoms with E-state index in [1.165, 1.54) is 6.07 Å². The molecule has 3 heteroatoms. The van der Waals surface area contributed by atoms with Crippen LogP contribution in [0, 0.1) is 0 Å². The van der Waals surface area contributed by atoms with Gasteiger partial charge >= 0.3 is 0 Å². The molecule has 0 aliphatic carbocycles. The van der Waals surface area contributed by atoms with Crippen LogP contribution >= 0.6 is 0 Å². The summed E-state index contributed by atoms with van der Waals surface area (Å²) in [5.74, 6) is 0. The van der Waals surface area contributed by atoms with Crippen LogP contribution in [0.2, 0.25) is 0 Å². The van der Waals surface area contributed by atoms with Gasteiger partial charge in [0.05, 0.1) is 5.69 Å². The Morgan fingerprint density at radius 1 is 1.50 bits per heavy atom. The minimum Gasteiger partial charge on any atom is -0.324 e. The minimum atomic E-state index is -0.0516. The predicted octanol–water partition coefficient (Wildman–Crippen LogP) is 0.633. The van der Waals surface area contributed by atoms with Crippen molar-refractivity contribution in [3.05, 3.63) is 28.2 Å². The van der Waals surface area contributed by atoms with E-state index in [0.717, 1.165) is 17.8 Å². The van der Waals surface area contributed by atoms with Crippen LogP contribution in [-0.2, 0) is 6.42 Å². The summed E-state index contributed by atoms with van der Waals surface area (Å²) in [5, 5.41) is 0. The van der Waals surface area contributed by atoms with Gasteiger partial charge in [-0.15, -0.1) is 0 Å². The number of aromatic amines is 1. The zero-order chi connectivity index (χ0) is 6.97. The number of aromatic nitrogens is 1. The molecule has 2 rings (SSSR count). The second-order valence-electron chi connectivity index (χ2n) is 2.20. The zero-order valence-corrected chi connectivity index (χ0v) is 5.29.